The van der Waals surface area contributed by atoms with Gasteiger partial charge in [0.05, 0.1) is 0 Å². The second-order valence-electron chi connectivity index (χ2n) is 5.79. The van der Waals surface area contributed by atoms with Crippen LogP contribution in [-0.4, -0.2) is 13.1 Å². The van der Waals surface area contributed by atoms with Crippen LogP contribution in [0.3, 0.4) is 0 Å². The monoisotopic (exact) mass is 237 g/mol. The lowest BCUT2D eigenvalue weighted by Crippen LogP contribution is -2.53. The van der Waals surface area contributed by atoms with Crippen LogP contribution >= 0.6 is 0 Å². The summed E-state index contributed by atoms with van der Waals surface area (Å²) in [6.07, 6.45) is 7.61. The van der Waals surface area contributed by atoms with Crippen molar-refractivity contribution < 1.29 is 5.73 Å². The third-order valence-corrected chi connectivity index (χ3v) is 4.74. The first kappa shape index (κ1) is 13.4. The van der Waals surface area contributed by atoms with Gasteiger partial charge in [0.1, 0.15) is 6.04 Å². The zero-order valence-corrected chi connectivity index (χ0v) is 11.9. The van der Waals surface area contributed by atoms with E-state index in [9.17, 15) is 0 Å². The molecule has 0 aliphatic heterocycles. The van der Waals surface area contributed by atoms with Gasteiger partial charge in [0.25, 0.3) is 0 Å². The number of hydrogen-bond acceptors (Lipinski definition) is 1. The zero-order valence-electron chi connectivity index (χ0n) is 10.9. The average molecular weight is 237 g/mol. The molecule has 2 nitrogen and oxygen atoms in total. The second kappa shape index (κ2) is 6.16. The van der Waals surface area contributed by atoms with Crippen LogP contribution in [0.1, 0.15) is 30.9 Å². The number of rotatable bonds is 6. The summed E-state index contributed by atoms with van der Waals surface area (Å²) in [6.45, 7) is 7.32. The van der Waals surface area contributed by atoms with Crippen LogP contribution in [0.5, 0.6) is 0 Å². The van der Waals surface area contributed by atoms with Crippen LogP contribution in [0.15, 0.2) is 24.5 Å². The molecule has 0 radical (unpaired) electrons. The smallest absolute Gasteiger partial charge is 0.111 e. The van der Waals surface area contributed by atoms with Gasteiger partial charge < -0.3 is 5.73 Å². The van der Waals surface area contributed by atoms with Crippen LogP contribution in [0, 0.1) is 0 Å². The average Bonchev–Trinajstić information content (AvgIpc) is 2.24. The van der Waals surface area contributed by atoms with Gasteiger partial charge in [-0.25, -0.2) is 0 Å². The number of nitrogens with zero attached hydrogens (tertiary/aromatic N) is 1. The summed E-state index contributed by atoms with van der Waals surface area (Å²) < 4.78 is 0. The Morgan fingerprint density at radius 3 is 2.62 bits per heavy atom. The Morgan fingerprint density at radius 1 is 1.31 bits per heavy atom. The molecule has 0 aliphatic rings. The van der Waals surface area contributed by atoms with Crippen molar-refractivity contribution in [1.82, 2.24) is 4.98 Å². The molecule has 1 unspecified atom stereocenters. The van der Waals surface area contributed by atoms with Crippen molar-refractivity contribution in [3.8, 4) is 0 Å². The van der Waals surface area contributed by atoms with Gasteiger partial charge in [0, 0.05) is 32.5 Å². The molecule has 0 amide bonds. The standard InChI is InChI=1S/C13H24N2Si/c1-16(2,3)10-5-4-8-13(14)12-7-6-9-15-11-12/h6-7,9,11,13H,4-5,8,10,14H2,1-3H3/p+1. The molecule has 1 atom stereocenters. The van der Waals surface area contributed by atoms with Gasteiger partial charge in [-0.1, -0.05) is 38.2 Å². The Kier molecular flexibility index (Phi) is 5.15. The lowest BCUT2D eigenvalue weighted by Gasteiger charge is -2.15. The number of unbranched alkanes of at least 4 members (excludes halogenated alkanes) is 1. The van der Waals surface area contributed by atoms with Crippen molar-refractivity contribution >= 4 is 8.07 Å². The van der Waals surface area contributed by atoms with Gasteiger partial charge in [0.15, 0.2) is 0 Å². The maximum Gasteiger partial charge on any atom is 0.111 e. The van der Waals surface area contributed by atoms with Gasteiger partial charge >= 0.3 is 0 Å². The van der Waals surface area contributed by atoms with E-state index in [4.69, 9.17) is 0 Å². The van der Waals surface area contributed by atoms with E-state index in [0.717, 1.165) is 0 Å². The molecule has 3 N–H and O–H groups in total. The molecular weight excluding hydrogens is 212 g/mol. The fourth-order valence-electron chi connectivity index (χ4n) is 1.83. The highest BCUT2D eigenvalue weighted by atomic mass is 28.3. The van der Waals surface area contributed by atoms with Crippen LogP contribution in [0.4, 0.5) is 0 Å². The van der Waals surface area contributed by atoms with Gasteiger partial charge in [-0.05, 0) is 12.5 Å². The lowest BCUT2D eigenvalue weighted by molar-refractivity contribution is -0.428. The topological polar surface area (TPSA) is 40.5 Å². The molecule has 0 spiro atoms. The van der Waals surface area contributed by atoms with Crippen LogP contribution < -0.4 is 5.73 Å². The van der Waals surface area contributed by atoms with Gasteiger partial charge in [-0.2, -0.15) is 0 Å². The largest absolute Gasteiger partial charge is 0.351 e. The minimum Gasteiger partial charge on any atom is -0.351 e. The Bertz CT molecular complexity index is 293. The highest BCUT2D eigenvalue weighted by Gasteiger charge is 2.13. The maximum atomic E-state index is 4.21. The zero-order chi connectivity index (χ0) is 12.0. The molecule has 0 bridgehead atoms. The minimum atomic E-state index is -0.841. The highest BCUT2D eigenvalue weighted by molar-refractivity contribution is 6.76. The normalized spacial score (nSPS) is 13.8. The number of hydrogen-bond donors (Lipinski definition) is 1. The summed E-state index contributed by atoms with van der Waals surface area (Å²) in [6, 6.07) is 5.97. The van der Waals surface area contributed by atoms with E-state index in [1.807, 2.05) is 18.5 Å². The lowest BCUT2D eigenvalue weighted by atomic mass is 10.0. The number of quaternary nitrogens is 1. The first-order valence-electron chi connectivity index (χ1n) is 6.22. The highest BCUT2D eigenvalue weighted by Crippen LogP contribution is 2.18. The van der Waals surface area contributed by atoms with E-state index < -0.39 is 8.07 Å². The molecule has 90 valence electrons. The van der Waals surface area contributed by atoms with Crippen LogP contribution in [0.25, 0.3) is 0 Å². The van der Waals surface area contributed by atoms with Crippen LogP contribution in [0.2, 0.25) is 25.7 Å². The van der Waals surface area contributed by atoms with Crippen molar-refractivity contribution in [3.63, 3.8) is 0 Å². The van der Waals surface area contributed by atoms with Crippen molar-refractivity contribution in [1.29, 1.82) is 0 Å². The van der Waals surface area contributed by atoms with Gasteiger partial charge in [-0.3, -0.25) is 4.98 Å². The molecule has 0 aromatic carbocycles. The third kappa shape index (κ3) is 5.42. The Morgan fingerprint density at radius 2 is 2.06 bits per heavy atom. The van der Waals surface area contributed by atoms with E-state index in [1.54, 1.807) is 0 Å². The quantitative estimate of drug-likeness (QED) is 0.600. The molecule has 16 heavy (non-hydrogen) atoms. The van der Waals surface area contributed by atoms with Gasteiger partial charge in [0.2, 0.25) is 0 Å². The predicted octanol–water partition coefficient (Wildman–Crippen LogP) is 2.87. The van der Waals surface area contributed by atoms with Crippen molar-refractivity contribution in [3.05, 3.63) is 30.1 Å². The molecule has 1 rings (SSSR count). The fraction of sp³-hybridized carbons (Fsp3) is 0.615. The van der Waals surface area contributed by atoms with Gasteiger partial charge in [-0.15, -0.1) is 0 Å². The molecule has 0 fully saturated rings. The van der Waals surface area contributed by atoms with E-state index in [1.165, 1.54) is 30.9 Å². The molecule has 1 aromatic heterocycles. The van der Waals surface area contributed by atoms with E-state index >= 15 is 0 Å². The van der Waals surface area contributed by atoms with E-state index in [-0.39, 0.29) is 0 Å². The summed E-state index contributed by atoms with van der Waals surface area (Å²) in [5, 5.41) is 0. The number of pyridine rings is 1. The predicted molar refractivity (Wildman–Crippen MR) is 71.9 cm³/mol. The van der Waals surface area contributed by atoms with Crippen LogP contribution in [-0.2, 0) is 0 Å². The SMILES string of the molecule is C[Si](C)(C)CCCCC([NH3+])c1cccnc1. The van der Waals surface area contributed by atoms with E-state index in [2.05, 4.69) is 36.4 Å². The number of aromatic nitrogens is 1. The first-order chi connectivity index (χ1) is 7.49. The van der Waals surface area contributed by atoms with Crippen molar-refractivity contribution in [2.75, 3.05) is 0 Å². The maximum absolute atomic E-state index is 4.21. The Balaban J connectivity index is 2.24. The molecule has 1 aromatic rings. The van der Waals surface area contributed by atoms with Crippen molar-refractivity contribution in [2.45, 2.75) is 51.0 Å². The second-order valence-corrected chi connectivity index (χ2v) is 11.4. The molecule has 0 aliphatic carbocycles. The molecule has 1 heterocycles. The summed E-state index contributed by atoms with van der Waals surface area (Å²) in [4.78, 5) is 4.14. The molecular formula is C13H25N2Si+. The molecule has 0 saturated heterocycles. The summed E-state index contributed by atoms with van der Waals surface area (Å²) in [7, 11) is -0.841. The summed E-state index contributed by atoms with van der Waals surface area (Å²) >= 11 is 0. The summed E-state index contributed by atoms with van der Waals surface area (Å²) in [5.41, 5.74) is 5.49. The minimum absolute atomic E-state index is 0.412. The van der Waals surface area contributed by atoms with Crippen molar-refractivity contribution in [2.24, 2.45) is 0 Å². The third-order valence-electron chi connectivity index (χ3n) is 2.89. The summed E-state index contributed by atoms with van der Waals surface area (Å²) in [5.74, 6) is 0. The Hall–Kier alpha value is -0.673. The fourth-order valence-corrected chi connectivity index (χ4v) is 3.14. The Labute approximate surface area is 100 Å². The molecule has 3 heteroatoms. The van der Waals surface area contributed by atoms with E-state index in [0.29, 0.717) is 6.04 Å². The molecule has 0 saturated carbocycles. The first-order valence-corrected chi connectivity index (χ1v) is 9.93.